The average Bonchev–Trinajstić information content (AvgIpc) is 2.83. The van der Waals surface area contributed by atoms with Crippen LogP contribution >= 0.6 is 0 Å². The Labute approximate surface area is 170 Å². The van der Waals surface area contributed by atoms with E-state index in [1.807, 2.05) is 13.0 Å². The van der Waals surface area contributed by atoms with Crippen LogP contribution in [0.1, 0.15) is 49.7 Å². The van der Waals surface area contributed by atoms with Gasteiger partial charge in [-0.3, -0.25) is 4.18 Å². The Morgan fingerprint density at radius 2 is 1.86 bits per heavy atom. The van der Waals surface area contributed by atoms with Gasteiger partial charge in [0, 0.05) is 5.41 Å². The van der Waals surface area contributed by atoms with E-state index in [1.54, 1.807) is 12.1 Å². The molecule has 29 heavy (non-hydrogen) atoms. The van der Waals surface area contributed by atoms with Gasteiger partial charge in [0.1, 0.15) is 18.0 Å². The minimum atomic E-state index is -4.24. The number of hydrogen-bond donors (Lipinski definition) is 2. The lowest BCUT2D eigenvalue weighted by Crippen LogP contribution is -2.46. The van der Waals surface area contributed by atoms with Crippen molar-refractivity contribution >= 4 is 20.6 Å². The molecule has 8 nitrogen and oxygen atoms in total. The summed E-state index contributed by atoms with van der Waals surface area (Å²) in [5, 5.41) is 9.97. The van der Waals surface area contributed by atoms with E-state index >= 15 is 0 Å². The van der Waals surface area contributed by atoms with Crippen molar-refractivity contribution in [3.63, 3.8) is 0 Å². The predicted octanol–water partition coefficient (Wildman–Crippen LogP) is 1.66. The van der Waals surface area contributed by atoms with Gasteiger partial charge in [-0.25, -0.2) is 9.53 Å². The molecule has 0 aliphatic heterocycles. The van der Waals surface area contributed by atoms with Crippen molar-refractivity contribution in [1.82, 2.24) is 0 Å². The van der Waals surface area contributed by atoms with Gasteiger partial charge in [0.25, 0.3) is 0 Å². The quantitative estimate of drug-likeness (QED) is 0.720. The number of rotatable bonds is 4. The predicted molar refractivity (Wildman–Crippen MR) is 103 cm³/mol. The van der Waals surface area contributed by atoms with Crippen LogP contribution in [0.25, 0.3) is 0 Å². The molecule has 3 aliphatic carbocycles. The topological polar surface area (TPSA) is 139 Å². The zero-order valence-corrected chi connectivity index (χ0v) is 17.6. The third-order valence-corrected chi connectivity index (χ3v) is 7.94. The Bertz CT molecular complexity index is 1030. The molecule has 2 saturated carbocycles. The zero-order chi connectivity index (χ0) is 21.2. The fourth-order valence-electron chi connectivity index (χ4n) is 5.98. The van der Waals surface area contributed by atoms with Crippen molar-refractivity contribution in [2.75, 3.05) is 0 Å². The molecule has 11 heteroatoms. The number of benzene rings is 1. The van der Waals surface area contributed by atoms with Gasteiger partial charge in [0.05, 0.1) is 0 Å². The molecule has 0 bridgehead atoms. The first kappa shape index (κ1) is 21.0. The zero-order valence-electron chi connectivity index (χ0n) is 16.0. The monoisotopic (exact) mass is 447 g/mol. The first-order valence-electron chi connectivity index (χ1n) is 9.57. The van der Waals surface area contributed by atoms with E-state index in [2.05, 4.69) is 0 Å². The smallest absolute Gasteiger partial charge is 0.371 e. The van der Waals surface area contributed by atoms with Gasteiger partial charge in [0.2, 0.25) is 0 Å². The van der Waals surface area contributed by atoms with E-state index in [-0.39, 0.29) is 29.9 Å². The van der Waals surface area contributed by atoms with E-state index in [9.17, 15) is 21.2 Å². The van der Waals surface area contributed by atoms with Crippen molar-refractivity contribution in [2.45, 2.75) is 57.2 Å². The molecular formula is C18H25FN2O6S2. The molecule has 1 aromatic carbocycles. The van der Waals surface area contributed by atoms with Crippen LogP contribution < -0.4 is 14.5 Å². The Balaban J connectivity index is 1.62. The summed E-state index contributed by atoms with van der Waals surface area (Å²) in [7, 11) is -8.33. The van der Waals surface area contributed by atoms with Gasteiger partial charge in [-0.1, -0.05) is 13.0 Å². The summed E-state index contributed by atoms with van der Waals surface area (Å²) < 4.78 is 69.8. The summed E-state index contributed by atoms with van der Waals surface area (Å²) in [5.74, 6) is 0.549. The summed E-state index contributed by atoms with van der Waals surface area (Å²) in [6.45, 7) is 1.90. The molecule has 3 aliphatic rings. The normalized spacial score (nSPS) is 36.8. The molecule has 0 aromatic heterocycles. The van der Waals surface area contributed by atoms with Crippen LogP contribution in [-0.4, -0.2) is 29.1 Å². The van der Waals surface area contributed by atoms with Crippen molar-refractivity contribution in [2.24, 2.45) is 27.5 Å². The molecule has 0 unspecified atom stereocenters. The second kappa shape index (κ2) is 6.88. The van der Waals surface area contributed by atoms with Gasteiger partial charge < -0.3 is 4.18 Å². The molecule has 4 N–H and O–H groups in total. The first-order valence-corrected chi connectivity index (χ1v) is 12.5. The third kappa shape index (κ3) is 3.90. The van der Waals surface area contributed by atoms with Gasteiger partial charge in [-0.15, -0.1) is 0 Å². The molecular weight excluding hydrogens is 422 g/mol. The van der Waals surface area contributed by atoms with Gasteiger partial charge in [0.15, 0.2) is 0 Å². The van der Waals surface area contributed by atoms with E-state index in [0.717, 1.165) is 24.0 Å². The Kier molecular flexibility index (Phi) is 4.97. The van der Waals surface area contributed by atoms with Crippen LogP contribution in [0.15, 0.2) is 18.2 Å². The number of nitrogens with two attached hydrogens (primary N) is 2. The third-order valence-electron chi connectivity index (χ3n) is 7.04. The van der Waals surface area contributed by atoms with Crippen LogP contribution in [0, 0.1) is 17.3 Å². The van der Waals surface area contributed by atoms with Gasteiger partial charge in [-0.2, -0.15) is 22.0 Å². The maximum atomic E-state index is 14.8. The van der Waals surface area contributed by atoms with Crippen molar-refractivity contribution in [3.05, 3.63) is 29.3 Å². The van der Waals surface area contributed by atoms with Crippen molar-refractivity contribution in [3.8, 4) is 5.75 Å². The SMILES string of the molecule is C[C@]12CC[C@@H]3c4ccc(OS(N)(=O)=O)cc4CC[C@H]3[C@@H]1C[C@@H]([18F])[C@@H]2OS(N)(=O)=O. The van der Waals surface area contributed by atoms with Crippen LogP contribution in [0.4, 0.5) is 4.39 Å². The lowest BCUT2D eigenvalue weighted by Gasteiger charge is -2.50. The molecule has 0 spiro atoms. The molecule has 2 fully saturated rings. The van der Waals surface area contributed by atoms with Crippen LogP contribution in [0.3, 0.4) is 0 Å². The number of hydrogen-bond acceptors (Lipinski definition) is 6. The maximum absolute atomic E-state index is 14.8. The van der Waals surface area contributed by atoms with E-state index < -0.39 is 38.3 Å². The standard InChI is InChI=1S/C18H25FN2O6S2/c1-18-7-6-13-12-5-3-11(26-28(20,22)23)8-10(12)2-4-14(13)15(18)9-16(19)17(18)27-29(21,24)25/h3,5,8,13-17H,2,4,6-7,9H2,1H3,(H2,20,22,23)(H2,21,24,25)/t13-,14-,15+,16-,17+,18+/m1/s1/i19-1. The highest BCUT2D eigenvalue weighted by atomic mass is 32.2. The summed E-state index contributed by atoms with van der Waals surface area (Å²) in [4.78, 5) is 0. The summed E-state index contributed by atoms with van der Waals surface area (Å²) in [6, 6.07) is 5.14. The summed E-state index contributed by atoms with van der Waals surface area (Å²) >= 11 is 0. The highest BCUT2D eigenvalue weighted by Gasteiger charge is 2.60. The van der Waals surface area contributed by atoms with Crippen LogP contribution in [0.2, 0.25) is 0 Å². The average molecular weight is 448 g/mol. The fourth-order valence-corrected chi connectivity index (χ4v) is 6.99. The second-order valence-electron chi connectivity index (χ2n) is 8.66. The van der Waals surface area contributed by atoms with Crippen LogP contribution in [0.5, 0.6) is 5.75 Å². The first-order chi connectivity index (χ1) is 13.4. The highest BCUT2D eigenvalue weighted by Crippen LogP contribution is 2.62. The number of halogens is 1. The van der Waals surface area contributed by atoms with E-state index in [0.29, 0.717) is 12.8 Å². The molecule has 4 rings (SSSR count). The van der Waals surface area contributed by atoms with Gasteiger partial charge >= 0.3 is 20.6 Å². The van der Waals surface area contributed by atoms with E-state index in [4.69, 9.17) is 18.6 Å². The lowest BCUT2D eigenvalue weighted by atomic mass is 9.55. The van der Waals surface area contributed by atoms with Gasteiger partial charge in [-0.05, 0) is 73.1 Å². The number of alkyl halides is 1. The largest absolute Gasteiger partial charge is 0.380 e. The second-order valence-corrected chi connectivity index (χ2v) is 11.0. The lowest BCUT2D eigenvalue weighted by molar-refractivity contribution is -0.0195. The Morgan fingerprint density at radius 1 is 1.14 bits per heavy atom. The highest BCUT2D eigenvalue weighted by molar-refractivity contribution is 7.84. The summed E-state index contributed by atoms with van der Waals surface area (Å²) in [5.41, 5.74) is 1.51. The van der Waals surface area contributed by atoms with E-state index in [1.165, 1.54) is 0 Å². The minimum absolute atomic E-state index is 0.0171. The number of fused-ring (bicyclic) bond motifs is 5. The summed E-state index contributed by atoms with van der Waals surface area (Å²) in [6.07, 6.45) is 0.684. The molecule has 0 saturated heterocycles. The van der Waals surface area contributed by atoms with Crippen molar-refractivity contribution in [1.29, 1.82) is 0 Å². The molecule has 0 radical (unpaired) electrons. The molecule has 162 valence electrons. The Hall–Kier alpha value is -1.27. The minimum Gasteiger partial charge on any atom is -0.371 e. The number of aryl methyl sites for hydroxylation is 1. The van der Waals surface area contributed by atoms with Crippen LogP contribution in [-0.2, 0) is 31.2 Å². The molecule has 1 aromatic rings. The fraction of sp³-hybridized carbons (Fsp3) is 0.667. The molecule has 0 amide bonds. The molecule has 6 atom stereocenters. The van der Waals surface area contributed by atoms with Crippen molar-refractivity contribution < 1.29 is 29.6 Å². The molecule has 0 heterocycles. The maximum Gasteiger partial charge on any atom is 0.380 e. The Morgan fingerprint density at radius 3 is 2.52 bits per heavy atom.